The maximum atomic E-state index is 11.1. The summed E-state index contributed by atoms with van der Waals surface area (Å²) in [5.74, 6) is -0.0484. The van der Waals surface area contributed by atoms with Crippen LogP contribution >= 0.6 is 23.2 Å². The van der Waals surface area contributed by atoms with Gasteiger partial charge in [0.2, 0.25) is 5.84 Å². The third-order valence-electron chi connectivity index (χ3n) is 3.04. The number of aliphatic imine (C=N–C) groups is 1. The number of hydrogen-bond donors (Lipinski definition) is 0. The molecule has 0 aliphatic rings. The van der Waals surface area contributed by atoms with E-state index in [0.717, 1.165) is 0 Å². The van der Waals surface area contributed by atoms with Crippen LogP contribution in [0.5, 0.6) is 0 Å². The Hall–Kier alpha value is -2.51. The average molecular weight is 350 g/mol. The van der Waals surface area contributed by atoms with Gasteiger partial charge in [0.25, 0.3) is 0 Å². The third-order valence-corrected chi connectivity index (χ3v) is 3.64. The van der Waals surface area contributed by atoms with Crippen LogP contribution in [-0.2, 0) is 0 Å². The van der Waals surface area contributed by atoms with Crippen LogP contribution in [0, 0.1) is 10.1 Å². The molecule has 1 aromatic heterocycles. The number of rotatable bonds is 3. The second kappa shape index (κ2) is 6.31. The molecule has 2 aromatic carbocycles. The highest BCUT2D eigenvalue weighted by Crippen LogP contribution is 2.20. The molecule has 0 fully saturated rings. The van der Waals surface area contributed by atoms with Crippen molar-refractivity contribution >= 4 is 45.8 Å². The van der Waals surface area contributed by atoms with E-state index in [1.165, 1.54) is 4.68 Å². The Balaban J connectivity index is 2.16. The lowest BCUT2D eigenvalue weighted by Gasteiger charge is -2.07. The molecule has 0 N–H and O–H groups in total. The van der Waals surface area contributed by atoms with E-state index in [9.17, 15) is 10.1 Å². The maximum absolute atomic E-state index is 11.1. The number of fused-ring (bicyclic) bond motifs is 1. The van der Waals surface area contributed by atoms with Gasteiger partial charge in [-0.3, -0.25) is 10.1 Å². The number of hydrogen-bond acceptors (Lipinski definition) is 5. The fraction of sp³-hybridized carbons (Fsp3) is 0.0714. The molecule has 0 unspecified atom stereocenters. The summed E-state index contributed by atoms with van der Waals surface area (Å²) in [6.07, 6.45) is 0. The average Bonchev–Trinajstić information content (AvgIpc) is 2.97. The van der Waals surface area contributed by atoms with Crippen molar-refractivity contribution in [2.24, 2.45) is 4.99 Å². The molecule has 1 atom stereocenters. The molecule has 3 rings (SSSR count). The molecule has 0 spiro atoms. The Bertz CT molecular complexity index is 892. The van der Waals surface area contributed by atoms with E-state index >= 15 is 0 Å². The van der Waals surface area contributed by atoms with Gasteiger partial charge < -0.3 is 0 Å². The van der Waals surface area contributed by atoms with E-state index < -0.39 is 10.4 Å². The molecule has 3 aromatic rings. The maximum Gasteiger partial charge on any atom is 0.345 e. The van der Waals surface area contributed by atoms with E-state index in [-0.39, 0.29) is 5.84 Å². The largest absolute Gasteiger partial charge is 0.345 e. The quantitative estimate of drug-likeness (QED) is 0.181. The first-order chi connectivity index (χ1) is 11.1. The Morgan fingerprint density at radius 1 is 1.22 bits per heavy atom. The minimum absolute atomic E-state index is 0.0484. The highest BCUT2D eigenvalue weighted by molar-refractivity contribution is 6.31. The second-order valence-electron chi connectivity index (χ2n) is 4.56. The van der Waals surface area contributed by atoms with Crippen LogP contribution < -0.4 is 0 Å². The van der Waals surface area contributed by atoms with Gasteiger partial charge in [-0.05, 0) is 48.0 Å². The van der Waals surface area contributed by atoms with Crippen molar-refractivity contribution in [3.63, 3.8) is 0 Å². The number of nitrogens with zero attached hydrogens (tertiary/aromatic N) is 5. The molecule has 0 amide bonds. The van der Waals surface area contributed by atoms with E-state index in [0.29, 0.717) is 21.7 Å². The second-order valence-corrected chi connectivity index (χ2v) is 5.41. The van der Waals surface area contributed by atoms with E-state index in [1.807, 2.05) is 0 Å². The summed E-state index contributed by atoms with van der Waals surface area (Å²) in [6, 6.07) is 13.6. The zero-order valence-electron chi connectivity index (χ0n) is 11.5. The molecular weight excluding hydrogens is 341 g/mol. The van der Waals surface area contributed by atoms with E-state index in [4.69, 9.17) is 23.2 Å². The fourth-order valence-corrected chi connectivity index (χ4v) is 2.25. The zero-order chi connectivity index (χ0) is 16.4. The summed E-state index contributed by atoms with van der Waals surface area (Å²) in [7, 11) is 0. The van der Waals surface area contributed by atoms with Crippen molar-refractivity contribution in [1.29, 1.82) is 0 Å². The van der Waals surface area contributed by atoms with Gasteiger partial charge >= 0.3 is 5.50 Å². The van der Waals surface area contributed by atoms with Crippen LogP contribution in [0.2, 0.25) is 5.02 Å². The summed E-state index contributed by atoms with van der Waals surface area (Å²) < 4.78 is 1.27. The first kappa shape index (κ1) is 15.4. The van der Waals surface area contributed by atoms with Crippen molar-refractivity contribution < 1.29 is 4.92 Å². The summed E-state index contributed by atoms with van der Waals surface area (Å²) >= 11 is 11.7. The van der Waals surface area contributed by atoms with Crippen LogP contribution in [0.1, 0.15) is 0 Å². The van der Waals surface area contributed by atoms with Gasteiger partial charge in [0.15, 0.2) is 0 Å². The lowest BCUT2D eigenvalue weighted by molar-refractivity contribution is -0.480. The van der Waals surface area contributed by atoms with Gasteiger partial charge in [-0.25, -0.2) is 4.99 Å². The molecule has 0 bridgehead atoms. The molecule has 0 aliphatic carbocycles. The topological polar surface area (TPSA) is 86.2 Å². The van der Waals surface area contributed by atoms with Crippen molar-refractivity contribution in [1.82, 2.24) is 15.0 Å². The summed E-state index contributed by atoms with van der Waals surface area (Å²) in [5, 5.41) is 19.6. The molecule has 0 saturated heterocycles. The number of nitro groups is 1. The minimum atomic E-state index is -1.57. The van der Waals surface area contributed by atoms with Crippen molar-refractivity contribution in [3.8, 4) is 0 Å². The molecule has 23 heavy (non-hydrogen) atoms. The standard InChI is InChI=1S/C14H9Cl2N5O2/c15-9-5-7-10(8-6-9)17-14(13(16)21(22)23)20-12-4-2-1-3-11(12)18-19-20/h1-8,13H/t13-/m0/s1. The number of alkyl halides is 1. The number of para-hydroxylation sites is 1. The molecule has 1 heterocycles. The van der Waals surface area contributed by atoms with E-state index in [2.05, 4.69) is 15.3 Å². The van der Waals surface area contributed by atoms with Crippen molar-refractivity contribution in [2.75, 3.05) is 0 Å². The lowest BCUT2D eigenvalue weighted by atomic mass is 10.3. The van der Waals surface area contributed by atoms with Gasteiger partial charge in [-0.15, -0.1) is 5.10 Å². The van der Waals surface area contributed by atoms with Gasteiger partial charge in [-0.2, -0.15) is 4.68 Å². The van der Waals surface area contributed by atoms with Gasteiger partial charge in [0.05, 0.1) is 11.2 Å². The molecular formula is C14H9Cl2N5O2. The lowest BCUT2D eigenvalue weighted by Crippen LogP contribution is -2.30. The van der Waals surface area contributed by atoms with Crippen molar-refractivity contribution in [3.05, 3.63) is 63.7 Å². The molecule has 7 nitrogen and oxygen atoms in total. The number of halogens is 2. The summed E-state index contributed by atoms with van der Waals surface area (Å²) in [5.41, 5.74) is 0.0588. The highest BCUT2D eigenvalue weighted by Gasteiger charge is 2.28. The summed E-state index contributed by atoms with van der Waals surface area (Å²) in [4.78, 5) is 14.7. The zero-order valence-corrected chi connectivity index (χ0v) is 13.0. The Morgan fingerprint density at radius 2 is 1.91 bits per heavy atom. The van der Waals surface area contributed by atoms with Gasteiger partial charge in [0.1, 0.15) is 5.52 Å². The summed E-state index contributed by atoms with van der Waals surface area (Å²) in [6.45, 7) is 0. The fourth-order valence-electron chi connectivity index (χ4n) is 1.98. The molecule has 9 heteroatoms. The first-order valence-corrected chi connectivity index (χ1v) is 7.30. The van der Waals surface area contributed by atoms with Gasteiger partial charge in [0, 0.05) is 9.95 Å². The molecule has 116 valence electrons. The predicted molar refractivity (Wildman–Crippen MR) is 88.1 cm³/mol. The van der Waals surface area contributed by atoms with E-state index in [1.54, 1.807) is 48.5 Å². The van der Waals surface area contributed by atoms with Crippen LogP contribution in [0.25, 0.3) is 11.0 Å². The van der Waals surface area contributed by atoms with Crippen LogP contribution in [0.15, 0.2) is 53.5 Å². The molecule has 0 radical (unpaired) electrons. The molecule has 0 aliphatic heterocycles. The number of benzene rings is 2. The number of aromatic nitrogens is 3. The third kappa shape index (κ3) is 3.15. The molecule has 0 saturated carbocycles. The van der Waals surface area contributed by atoms with Crippen LogP contribution in [-0.4, -0.2) is 31.3 Å². The van der Waals surface area contributed by atoms with Gasteiger partial charge in [-0.1, -0.05) is 28.9 Å². The predicted octanol–water partition coefficient (Wildman–Crippen LogP) is 3.50. The minimum Gasteiger partial charge on any atom is -0.262 e. The Kier molecular flexibility index (Phi) is 4.22. The Morgan fingerprint density at radius 3 is 2.61 bits per heavy atom. The SMILES string of the molecule is O=[N+]([O-])[C@H](Cl)C(=Nc1ccc(Cl)cc1)n1nnc2ccccc21. The smallest absolute Gasteiger partial charge is 0.262 e. The first-order valence-electron chi connectivity index (χ1n) is 6.49. The van der Waals surface area contributed by atoms with Crippen molar-refractivity contribution in [2.45, 2.75) is 5.50 Å². The van der Waals surface area contributed by atoms with Crippen LogP contribution in [0.4, 0.5) is 5.69 Å². The highest BCUT2D eigenvalue weighted by atomic mass is 35.5. The normalized spacial score (nSPS) is 13.2. The van der Waals surface area contributed by atoms with Crippen LogP contribution in [0.3, 0.4) is 0 Å². The monoisotopic (exact) mass is 349 g/mol. The Labute approximate surface area is 140 Å².